The van der Waals surface area contributed by atoms with E-state index in [1.807, 2.05) is 0 Å². The molecule has 3 N–H and O–H groups in total. The fraction of sp³-hybridized carbons (Fsp3) is 0.333. The molecule has 45 heavy (non-hydrogen) atoms. The minimum atomic E-state index is 0.859. The van der Waals surface area contributed by atoms with E-state index in [0.717, 1.165) is 58.9 Å². The molecule has 0 fully saturated rings. The van der Waals surface area contributed by atoms with Crippen LogP contribution in [0.25, 0.3) is 21.5 Å². The highest BCUT2D eigenvalue weighted by atomic mass is 15.2. The lowest BCUT2D eigenvalue weighted by Gasteiger charge is -2.23. The molecule has 0 aliphatic carbocycles. The maximum Gasteiger partial charge on any atom is 0.0361 e. The highest BCUT2D eigenvalue weighted by Crippen LogP contribution is 2.28. The number of benzene rings is 5. The molecule has 0 aromatic heterocycles. The smallest absolute Gasteiger partial charge is 0.0361 e. The molecule has 0 aliphatic rings. The Kier molecular flexibility index (Phi) is 11.8. The van der Waals surface area contributed by atoms with Crippen molar-refractivity contribution in [2.45, 2.75) is 19.6 Å². The largest absolute Gasteiger partial charge is 0.378 e. The van der Waals surface area contributed by atoms with Gasteiger partial charge < -0.3 is 25.8 Å². The Morgan fingerprint density at radius 1 is 0.467 bits per heavy atom. The number of nitrogens with one attached hydrogen (secondary N) is 3. The van der Waals surface area contributed by atoms with Crippen LogP contribution in [0, 0.1) is 0 Å². The lowest BCUT2D eigenvalue weighted by molar-refractivity contribution is 0.271. The van der Waals surface area contributed by atoms with Crippen molar-refractivity contribution in [1.82, 2.24) is 20.9 Å². The second-order valence-electron chi connectivity index (χ2n) is 12.3. The predicted molar refractivity (Wildman–Crippen MR) is 195 cm³/mol. The summed E-state index contributed by atoms with van der Waals surface area (Å²) in [5, 5.41) is 16.4. The van der Waals surface area contributed by atoms with Gasteiger partial charge in [-0.15, -0.1) is 0 Å². The van der Waals surface area contributed by atoms with E-state index in [9.17, 15) is 0 Å². The summed E-state index contributed by atoms with van der Waals surface area (Å²) >= 11 is 0. The van der Waals surface area contributed by atoms with Crippen molar-refractivity contribution in [3.8, 4) is 0 Å². The Labute approximate surface area is 270 Å². The molecule has 0 amide bonds. The Hall–Kier alpha value is -3.94. The second kappa shape index (κ2) is 16.4. The number of anilines is 2. The summed E-state index contributed by atoms with van der Waals surface area (Å²) in [6.07, 6.45) is 0. The van der Waals surface area contributed by atoms with Crippen LogP contribution >= 0.6 is 0 Å². The molecule has 0 bridgehead atoms. The van der Waals surface area contributed by atoms with Crippen LogP contribution < -0.4 is 25.8 Å². The first-order valence-electron chi connectivity index (χ1n) is 16.2. The fourth-order valence-electron chi connectivity index (χ4n) is 5.85. The minimum absolute atomic E-state index is 0.859. The van der Waals surface area contributed by atoms with Crippen molar-refractivity contribution in [3.05, 3.63) is 120 Å². The van der Waals surface area contributed by atoms with E-state index in [0.29, 0.717) is 0 Å². The zero-order valence-electron chi connectivity index (χ0n) is 27.5. The van der Waals surface area contributed by atoms with E-state index in [2.05, 4.69) is 162 Å². The quantitative estimate of drug-likeness (QED) is 0.0884. The molecule has 0 atom stereocenters. The molecule has 5 rings (SSSR count). The molecule has 6 nitrogen and oxygen atoms in total. The van der Waals surface area contributed by atoms with E-state index in [-0.39, 0.29) is 0 Å². The summed E-state index contributed by atoms with van der Waals surface area (Å²) in [7, 11) is 8.32. The van der Waals surface area contributed by atoms with Crippen molar-refractivity contribution in [3.63, 3.8) is 0 Å². The van der Waals surface area contributed by atoms with E-state index in [1.165, 1.54) is 49.6 Å². The SMILES string of the molecule is CN(C)c1ccc(CNCCN(CCNCc2ccc(N(C)C)cc2)CCNCc2c3ccccc3cc3ccccc23)cc1. The van der Waals surface area contributed by atoms with Crippen LogP contribution in [0.3, 0.4) is 0 Å². The van der Waals surface area contributed by atoms with Gasteiger partial charge in [0.25, 0.3) is 0 Å². The van der Waals surface area contributed by atoms with E-state index in [4.69, 9.17) is 0 Å². The number of fused-ring (bicyclic) bond motifs is 2. The predicted octanol–water partition coefficient (Wildman–Crippen LogP) is 6.10. The molecule has 0 aliphatic heterocycles. The van der Waals surface area contributed by atoms with E-state index >= 15 is 0 Å². The van der Waals surface area contributed by atoms with Crippen molar-refractivity contribution >= 4 is 32.9 Å². The zero-order valence-corrected chi connectivity index (χ0v) is 27.5. The number of hydrogen-bond acceptors (Lipinski definition) is 6. The molecule has 0 saturated heterocycles. The Balaban J connectivity index is 1.14. The summed E-state index contributed by atoms with van der Waals surface area (Å²) < 4.78 is 0. The topological polar surface area (TPSA) is 45.8 Å². The molecule has 0 heterocycles. The molecule has 5 aromatic carbocycles. The highest BCUT2D eigenvalue weighted by Gasteiger charge is 2.09. The normalized spacial score (nSPS) is 11.5. The Morgan fingerprint density at radius 3 is 1.29 bits per heavy atom. The summed E-state index contributed by atoms with van der Waals surface area (Å²) in [5.41, 5.74) is 6.49. The van der Waals surface area contributed by atoms with Gasteiger partial charge in [0.15, 0.2) is 0 Å². The van der Waals surface area contributed by atoms with Crippen molar-refractivity contribution in [2.24, 2.45) is 0 Å². The van der Waals surface area contributed by atoms with Crippen molar-refractivity contribution in [2.75, 3.05) is 77.3 Å². The summed E-state index contributed by atoms with van der Waals surface area (Å²) in [6, 6.07) is 37.4. The van der Waals surface area contributed by atoms with Crippen molar-refractivity contribution < 1.29 is 0 Å². The van der Waals surface area contributed by atoms with Gasteiger partial charge in [0, 0.05) is 98.5 Å². The van der Waals surface area contributed by atoms with Crippen LogP contribution in [-0.4, -0.2) is 72.4 Å². The van der Waals surface area contributed by atoms with Gasteiger partial charge in [0.05, 0.1) is 0 Å². The second-order valence-corrected chi connectivity index (χ2v) is 12.3. The van der Waals surface area contributed by atoms with Gasteiger partial charge in [0.2, 0.25) is 0 Å². The molecular formula is C39H50N6. The third-order valence-corrected chi connectivity index (χ3v) is 8.56. The van der Waals surface area contributed by atoms with Gasteiger partial charge in [-0.25, -0.2) is 0 Å². The van der Waals surface area contributed by atoms with Gasteiger partial charge in [-0.3, -0.25) is 4.90 Å². The molecule has 0 saturated carbocycles. The van der Waals surface area contributed by atoms with Crippen LogP contribution in [0.1, 0.15) is 16.7 Å². The number of hydrogen-bond donors (Lipinski definition) is 3. The molecule has 0 spiro atoms. The maximum absolute atomic E-state index is 3.79. The summed E-state index contributed by atoms with van der Waals surface area (Å²) in [6.45, 7) is 8.49. The number of nitrogens with zero attached hydrogens (tertiary/aromatic N) is 3. The molecule has 0 unspecified atom stereocenters. The first-order valence-corrected chi connectivity index (χ1v) is 16.2. The Morgan fingerprint density at radius 2 is 0.867 bits per heavy atom. The Bertz CT molecular complexity index is 1500. The van der Waals surface area contributed by atoms with E-state index < -0.39 is 0 Å². The van der Waals surface area contributed by atoms with Gasteiger partial charge >= 0.3 is 0 Å². The van der Waals surface area contributed by atoms with Gasteiger partial charge in [0.1, 0.15) is 0 Å². The first-order chi connectivity index (χ1) is 22.0. The van der Waals surface area contributed by atoms with Gasteiger partial charge in [-0.2, -0.15) is 0 Å². The molecule has 6 heteroatoms. The lowest BCUT2D eigenvalue weighted by Crippen LogP contribution is -2.40. The number of rotatable bonds is 17. The average molecular weight is 603 g/mol. The van der Waals surface area contributed by atoms with Gasteiger partial charge in [-0.05, 0) is 68.6 Å². The molecule has 0 radical (unpaired) electrons. The summed E-state index contributed by atoms with van der Waals surface area (Å²) in [5.74, 6) is 0. The third-order valence-electron chi connectivity index (χ3n) is 8.56. The standard InChI is InChI=1S/C39H50N6/c1-43(2)35-17-13-31(14-18-35)28-40-21-24-45(25-22-41-29-32-15-19-36(20-16-32)44(3)4)26-23-42-30-39-37-11-7-5-9-33(37)27-34-10-6-8-12-38(34)39/h5-20,27,40-42H,21-26,28-30H2,1-4H3. The maximum atomic E-state index is 3.79. The molecule has 236 valence electrons. The highest BCUT2D eigenvalue weighted by molar-refractivity contribution is 6.02. The van der Waals surface area contributed by atoms with Crippen molar-refractivity contribution in [1.29, 1.82) is 0 Å². The lowest BCUT2D eigenvalue weighted by atomic mass is 9.97. The fourth-order valence-corrected chi connectivity index (χ4v) is 5.85. The first kappa shape index (κ1) is 32.5. The van der Waals surface area contributed by atoms with E-state index in [1.54, 1.807) is 0 Å². The molecule has 5 aromatic rings. The van der Waals surface area contributed by atoms with Crippen LogP contribution in [-0.2, 0) is 19.6 Å². The molecular weight excluding hydrogens is 552 g/mol. The van der Waals surface area contributed by atoms with Crippen LogP contribution in [0.5, 0.6) is 0 Å². The average Bonchev–Trinajstić information content (AvgIpc) is 3.06. The monoisotopic (exact) mass is 602 g/mol. The zero-order chi connectivity index (χ0) is 31.4. The summed E-state index contributed by atoms with van der Waals surface area (Å²) in [4.78, 5) is 6.84. The third kappa shape index (κ3) is 9.28. The van der Waals surface area contributed by atoms with Crippen LogP contribution in [0.4, 0.5) is 11.4 Å². The van der Waals surface area contributed by atoms with Crippen LogP contribution in [0.15, 0.2) is 103 Å². The minimum Gasteiger partial charge on any atom is -0.378 e. The van der Waals surface area contributed by atoms with Gasteiger partial charge in [-0.1, -0.05) is 72.8 Å². The van der Waals surface area contributed by atoms with Crippen LogP contribution in [0.2, 0.25) is 0 Å².